The fourth-order valence-corrected chi connectivity index (χ4v) is 1.93. The molecule has 2 rings (SSSR count). The van der Waals surface area contributed by atoms with Gasteiger partial charge in [-0.3, -0.25) is 4.79 Å². The summed E-state index contributed by atoms with van der Waals surface area (Å²) in [4.78, 5) is 22.7. The van der Waals surface area contributed by atoms with E-state index in [2.05, 4.69) is 6.58 Å². The lowest BCUT2D eigenvalue weighted by atomic mass is 10.0. The Morgan fingerprint density at radius 2 is 1.64 bits per heavy atom. The molecular weight excluding hydrogens is 330 g/mol. The predicted molar refractivity (Wildman–Crippen MR) is 88.2 cm³/mol. The summed E-state index contributed by atoms with van der Waals surface area (Å²) in [5, 5.41) is 0. The molecular formula is C19H16F2O4. The van der Waals surface area contributed by atoms with Gasteiger partial charge < -0.3 is 9.47 Å². The van der Waals surface area contributed by atoms with E-state index in [-0.39, 0.29) is 17.6 Å². The van der Waals surface area contributed by atoms with Gasteiger partial charge in [-0.15, -0.1) is 0 Å². The van der Waals surface area contributed by atoms with Crippen LogP contribution >= 0.6 is 0 Å². The van der Waals surface area contributed by atoms with Crippen molar-refractivity contribution in [2.24, 2.45) is 0 Å². The second-order valence-electron chi connectivity index (χ2n) is 5.26. The maximum Gasteiger partial charge on any atom is 0.338 e. The van der Waals surface area contributed by atoms with Crippen molar-refractivity contribution in [3.05, 3.63) is 60.2 Å². The van der Waals surface area contributed by atoms with Crippen LogP contribution in [-0.4, -0.2) is 11.9 Å². The third kappa shape index (κ3) is 4.29. The highest BCUT2D eigenvalue weighted by atomic mass is 19.2. The van der Waals surface area contributed by atoms with E-state index in [1.54, 1.807) is 6.92 Å². The van der Waals surface area contributed by atoms with E-state index < -0.39 is 29.3 Å². The molecule has 0 unspecified atom stereocenters. The van der Waals surface area contributed by atoms with E-state index in [0.29, 0.717) is 11.3 Å². The Morgan fingerprint density at radius 1 is 1.00 bits per heavy atom. The summed E-state index contributed by atoms with van der Waals surface area (Å²) >= 11 is 0. The van der Waals surface area contributed by atoms with Gasteiger partial charge in [0.15, 0.2) is 11.6 Å². The van der Waals surface area contributed by atoms with Crippen LogP contribution in [0.3, 0.4) is 0 Å². The van der Waals surface area contributed by atoms with Gasteiger partial charge in [0.25, 0.3) is 0 Å². The average molecular weight is 346 g/mol. The first-order chi connectivity index (χ1) is 11.8. The number of hydrogen-bond acceptors (Lipinski definition) is 4. The molecule has 0 aromatic heterocycles. The number of carbonyl (C=O) groups excluding carboxylic acids is 2. The van der Waals surface area contributed by atoms with Crippen molar-refractivity contribution in [1.29, 1.82) is 0 Å². The van der Waals surface area contributed by atoms with Crippen molar-refractivity contribution in [1.82, 2.24) is 0 Å². The molecule has 0 aliphatic rings. The molecule has 0 saturated carbocycles. The van der Waals surface area contributed by atoms with E-state index >= 15 is 0 Å². The largest absolute Gasteiger partial charge is 0.427 e. The Balaban J connectivity index is 2.28. The molecule has 25 heavy (non-hydrogen) atoms. The molecule has 0 fully saturated rings. The number of rotatable bonds is 5. The number of ether oxygens (including phenoxy) is 2. The number of benzene rings is 2. The van der Waals surface area contributed by atoms with Crippen molar-refractivity contribution in [2.45, 2.75) is 20.3 Å². The molecule has 0 bridgehead atoms. The molecule has 130 valence electrons. The van der Waals surface area contributed by atoms with Crippen molar-refractivity contribution in [3.63, 3.8) is 0 Å². The molecule has 2 aromatic rings. The summed E-state index contributed by atoms with van der Waals surface area (Å²) < 4.78 is 38.2. The van der Waals surface area contributed by atoms with Gasteiger partial charge in [0.1, 0.15) is 5.75 Å². The minimum atomic E-state index is -1.27. The molecule has 2 aromatic carbocycles. The normalized spacial score (nSPS) is 10.2. The van der Waals surface area contributed by atoms with Gasteiger partial charge in [-0.05, 0) is 36.8 Å². The van der Waals surface area contributed by atoms with Gasteiger partial charge in [-0.1, -0.05) is 25.6 Å². The second kappa shape index (κ2) is 7.70. The Labute approximate surface area is 143 Å². The third-order valence-corrected chi connectivity index (χ3v) is 3.28. The zero-order valence-corrected chi connectivity index (χ0v) is 13.8. The lowest BCUT2D eigenvalue weighted by Crippen LogP contribution is -2.10. The number of hydrogen-bond donors (Lipinski definition) is 0. The molecule has 0 atom stereocenters. The summed E-state index contributed by atoms with van der Waals surface area (Å²) in [6, 6.07) is 8.42. The van der Waals surface area contributed by atoms with Crippen LogP contribution in [0.5, 0.6) is 11.5 Å². The standard InChI is InChI=1S/C19H16F2O4/c1-4-16(22)24-13-7-5-12(6-8-13)14-9-10-15(18(21)17(14)20)25-19(23)11(2)3/h5-10H,2,4H2,1,3H3. The van der Waals surface area contributed by atoms with Crippen LogP contribution in [0.4, 0.5) is 8.78 Å². The summed E-state index contributed by atoms with van der Waals surface area (Å²) in [5.41, 5.74) is 0.438. The van der Waals surface area contributed by atoms with Crippen LogP contribution < -0.4 is 9.47 Å². The summed E-state index contributed by atoms with van der Waals surface area (Å²) in [6.45, 7) is 6.44. The quantitative estimate of drug-likeness (QED) is 0.457. The van der Waals surface area contributed by atoms with Crippen LogP contribution in [0.2, 0.25) is 0 Å². The monoisotopic (exact) mass is 346 g/mol. The van der Waals surface area contributed by atoms with E-state index in [0.717, 1.165) is 0 Å². The van der Waals surface area contributed by atoms with Crippen LogP contribution in [0, 0.1) is 11.6 Å². The number of carbonyl (C=O) groups is 2. The van der Waals surface area contributed by atoms with E-state index in [9.17, 15) is 18.4 Å². The molecule has 0 aliphatic heterocycles. The smallest absolute Gasteiger partial charge is 0.338 e. The first-order valence-corrected chi connectivity index (χ1v) is 7.50. The molecule has 4 nitrogen and oxygen atoms in total. The molecule has 0 spiro atoms. The highest BCUT2D eigenvalue weighted by Crippen LogP contribution is 2.31. The summed E-state index contributed by atoms with van der Waals surface area (Å²) in [6.07, 6.45) is 0.228. The fraction of sp³-hybridized carbons (Fsp3) is 0.158. The highest BCUT2D eigenvalue weighted by Gasteiger charge is 2.18. The van der Waals surface area contributed by atoms with Gasteiger partial charge in [0.05, 0.1) is 0 Å². The van der Waals surface area contributed by atoms with Gasteiger partial charge in [0, 0.05) is 17.6 Å². The average Bonchev–Trinajstić information content (AvgIpc) is 2.59. The van der Waals surface area contributed by atoms with Crippen molar-refractivity contribution in [3.8, 4) is 22.6 Å². The lowest BCUT2D eigenvalue weighted by molar-refractivity contribution is -0.134. The van der Waals surface area contributed by atoms with Crippen LogP contribution in [-0.2, 0) is 9.59 Å². The Bertz CT molecular complexity index is 826. The first kappa shape index (κ1) is 18.3. The fourth-order valence-electron chi connectivity index (χ4n) is 1.93. The molecule has 0 heterocycles. The molecule has 0 amide bonds. The van der Waals surface area contributed by atoms with Crippen LogP contribution in [0.1, 0.15) is 20.3 Å². The van der Waals surface area contributed by atoms with E-state index in [4.69, 9.17) is 9.47 Å². The van der Waals surface area contributed by atoms with Crippen LogP contribution in [0.25, 0.3) is 11.1 Å². The predicted octanol–water partition coefficient (Wildman–Crippen LogP) is 4.43. The zero-order valence-electron chi connectivity index (χ0n) is 13.8. The third-order valence-electron chi connectivity index (χ3n) is 3.28. The van der Waals surface area contributed by atoms with E-state index in [1.807, 2.05) is 0 Å². The molecule has 0 radical (unpaired) electrons. The lowest BCUT2D eigenvalue weighted by Gasteiger charge is -2.10. The van der Waals surface area contributed by atoms with Crippen molar-refractivity contribution < 1.29 is 27.8 Å². The Hall–Kier alpha value is -3.02. The van der Waals surface area contributed by atoms with Crippen molar-refractivity contribution >= 4 is 11.9 Å². The maximum atomic E-state index is 14.3. The first-order valence-electron chi connectivity index (χ1n) is 7.50. The van der Waals surface area contributed by atoms with Gasteiger partial charge in [-0.2, -0.15) is 4.39 Å². The van der Waals surface area contributed by atoms with Gasteiger partial charge in [-0.25, -0.2) is 9.18 Å². The maximum absolute atomic E-state index is 14.3. The molecule has 6 heteroatoms. The molecule has 0 N–H and O–H groups in total. The summed E-state index contributed by atoms with van der Waals surface area (Å²) in [7, 11) is 0. The summed E-state index contributed by atoms with van der Waals surface area (Å²) in [5.74, 6) is -3.85. The minimum absolute atomic E-state index is 0.0130. The topological polar surface area (TPSA) is 52.6 Å². The number of halogens is 2. The Kier molecular flexibility index (Phi) is 5.64. The van der Waals surface area contributed by atoms with E-state index in [1.165, 1.54) is 43.3 Å². The zero-order chi connectivity index (χ0) is 18.6. The second-order valence-corrected chi connectivity index (χ2v) is 5.26. The SMILES string of the molecule is C=C(C)C(=O)Oc1ccc(-c2ccc(OC(=O)CC)cc2)c(F)c1F. The van der Waals surface area contributed by atoms with Crippen LogP contribution in [0.15, 0.2) is 48.6 Å². The van der Waals surface area contributed by atoms with Gasteiger partial charge >= 0.3 is 11.9 Å². The van der Waals surface area contributed by atoms with Crippen molar-refractivity contribution in [2.75, 3.05) is 0 Å². The van der Waals surface area contributed by atoms with Gasteiger partial charge in [0.2, 0.25) is 5.82 Å². The minimum Gasteiger partial charge on any atom is -0.427 e. The molecule has 0 aliphatic carbocycles. The highest BCUT2D eigenvalue weighted by molar-refractivity contribution is 5.88. The molecule has 0 saturated heterocycles. The number of esters is 2. The Morgan fingerprint density at radius 3 is 2.20 bits per heavy atom.